The average molecular weight is 363 g/mol. The van der Waals surface area contributed by atoms with Gasteiger partial charge in [0, 0.05) is 31.7 Å². The van der Waals surface area contributed by atoms with Gasteiger partial charge in [0.15, 0.2) is 0 Å². The number of para-hydroxylation sites is 1. The van der Waals surface area contributed by atoms with Crippen molar-refractivity contribution >= 4 is 11.8 Å². The third-order valence-corrected chi connectivity index (χ3v) is 4.26. The minimum atomic E-state index is -0.486. The van der Waals surface area contributed by atoms with Crippen molar-refractivity contribution in [1.82, 2.24) is 15.5 Å². The predicted molar refractivity (Wildman–Crippen MR) is 98.9 cm³/mol. The molecule has 0 aliphatic carbocycles. The van der Waals surface area contributed by atoms with Crippen molar-refractivity contribution in [2.45, 2.75) is 39.0 Å². The normalized spacial score (nSPS) is 17.8. The zero-order valence-electron chi connectivity index (χ0n) is 15.8. The summed E-state index contributed by atoms with van der Waals surface area (Å²) in [7, 11) is 1.63. The highest BCUT2D eigenvalue weighted by Gasteiger charge is 2.31. The number of methoxy groups -OCH3 is 1. The minimum absolute atomic E-state index is 0.111. The Kier molecular flexibility index (Phi) is 7.87. The zero-order chi connectivity index (χ0) is 18.9. The van der Waals surface area contributed by atoms with Crippen LogP contribution in [-0.4, -0.2) is 62.2 Å². The fraction of sp³-hybridized carbons (Fsp3) is 0.579. The van der Waals surface area contributed by atoms with Crippen LogP contribution in [0.1, 0.15) is 25.8 Å². The molecule has 0 spiro atoms. The molecule has 144 valence electrons. The van der Waals surface area contributed by atoms with Crippen LogP contribution in [0.2, 0.25) is 0 Å². The molecule has 7 heteroatoms. The largest absolute Gasteiger partial charge is 0.496 e. The first kappa shape index (κ1) is 20.2. The number of amides is 2. The van der Waals surface area contributed by atoms with E-state index in [1.807, 2.05) is 43.0 Å². The summed E-state index contributed by atoms with van der Waals surface area (Å²) in [6, 6.07) is 7.24. The smallest absolute Gasteiger partial charge is 0.237 e. The van der Waals surface area contributed by atoms with Crippen molar-refractivity contribution in [3.63, 3.8) is 0 Å². The Labute approximate surface area is 155 Å². The van der Waals surface area contributed by atoms with E-state index >= 15 is 0 Å². The lowest BCUT2D eigenvalue weighted by atomic mass is 10.1. The topological polar surface area (TPSA) is 79.9 Å². The molecule has 1 aromatic rings. The molecule has 0 radical (unpaired) electrons. The molecule has 1 aromatic carbocycles. The summed E-state index contributed by atoms with van der Waals surface area (Å²) >= 11 is 0. The molecule has 0 saturated carbocycles. The fourth-order valence-corrected chi connectivity index (χ4v) is 2.96. The van der Waals surface area contributed by atoms with Crippen molar-refractivity contribution < 1.29 is 19.1 Å². The molecule has 7 nitrogen and oxygen atoms in total. The van der Waals surface area contributed by atoms with Gasteiger partial charge in [0.25, 0.3) is 0 Å². The van der Waals surface area contributed by atoms with Crippen LogP contribution in [0.25, 0.3) is 0 Å². The van der Waals surface area contributed by atoms with E-state index in [2.05, 4.69) is 10.6 Å². The van der Waals surface area contributed by atoms with Gasteiger partial charge in [-0.15, -0.1) is 0 Å². The lowest BCUT2D eigenvalue weighted by molar-refractivity contribution is -0.134. The number of hydrogen-bond acceptors (Lipinski definition) is 5. The molecule has 1 fully saturated rings. The van der Waals surface area contributed by atoms with Crippen molar-refractivity contribution in [3.8, 4) is 5.75 Å². The summed E-state index contributed by atoms with van der Waals surface area (Å²) in [5.74, 6) is 0.525. The fourth-order valence-electron chi connectivity index (χ4n) is 2.96. The Bertz CT molecular complexity index is 606. The van der Waals surface area contributed by atoms with Crippen molar-refractivity contribution in [1.29, 1.82) is 0 Å². The summed E-state index contributed by atoms with van der Waals surface area (Å²) in [5.41, 5.74) is 1.00. The first-order chi connectivity index (χ1) is 12.5. The number of benzene rings is 1. The van der Waals surface area contributed by atoms with Crippen LogP contribution >= 0.6 is 0 Å². The van der Waals surface area contributed by atoms with E-state index in [4.69, 9.17) is 9.47 Å². The maximum Gasteiger partial charge on any atom is 0.237 e. The second-order valence-electron chi connectivity index (χ2n) is 6.56. The summed E-state index contributed by atoms with van der Waals surface area (Å²) in [5, 5.41) is 5.67. The number of rotatable bonds is 9. The van der Waals surface area contributed by atoms with Crippen LogP contribution in [0.5, 0.6) is 5.75 Å². The monoisotopic (exact) mass is 363 g/mol. The Balaban J connectivity index is 1.94. The number of hydrogen-bond donors (Lipinski definition) is 2. The number of carbonyl (C=O) groups excluding carboxylic acids is 2. The molecule has 2 N–H and O–H groups in total. The van der Waals surface area contributed by atoms with E-state index in [-0.39, 0.29) is 24.3 Å². The highest BCUT2D eigenvalue weighted by Crippen LogP contribution is 2.21. The standard InChI is InChI=1S/C19H29N3O4/c1-14(2)26-11-9-20-18(23)12-16-19(24)21-8-10-22(16)13-15-6-4-5-7-17(15)25-3/h4-7,14,16H,8-13H2,1-3H3,(H,20,23)(H,21,24). The van der Waals surface area contributed by atoms with Gasteiger partial charge >= 0.3 is 0 Å². The van der Waals surface area contributed by atoms with Gasteiger partial charge < -0.3 is 20.1 Å². The third kappa shape index (κ3) is 6.00. The second kappa shape index (κ2) is 10.1. The second-order valence-corrected chi connectivity index (χ2v) is 6.56. The van der Waals surface area contributed by atoms with Gasteiger partial charge in [-0.25, -0.2) is 0 Å². The summed E-state index contributed by atoms with van der Waals surface area (Å²) < 4.78 is 10.8. The molecule has 2 amide bonds. The van der Waals surface area contributed by atoms with Gasteiger partial charge in [0.1, 0.15) is 5.75 Å². The molecule has 2 rings (SSSR count). The van der Waals surface area contributed by atoms with Gasteiger partial charge in [-0.1, -0.05) is 18.2 Å². The number of carbonyl (C=O) groups is 2. The van der Waals surface area contributed by atoms with Crippen LogP contribution in [0.15, 0.2) is 24.3 Å². The summed E-state index contributed by atoms with van der Waals surface area (Å²) in [6.07, 6.45) is 0.259. The molecule has 0 bridgehead atoms. The maximum absolute atomic E-state index is 12.3. The highest BCUT2D eigenvalue weighted by atomic mass is 16.5. The van der Waals surface area contributed by atoms with Gasteiger partial charge in [0.05, 0.1) is 32.3 Å². The Morgan fingerprint density at radius 1 is 1.38 bits per heavy atom. The Morgan fingerprint density at radius 2 is 2.15 bits per heavy atom. The van der Waals surface area contributed by atoms with Crippen molar-refractivity contribution in [2.75, 3.05) is 33.4 Å². The number of nitrogens with zero attached hydrogens (tertiary/aromatic N) is 1. The first-order valence-electron chi connectivity index (χ1n) is 9.03. The molecule has 1 aliphatic heterocycles. The first-order valence-corrected chi connectivity index (χ1v) is 9.03. The third-order valence-electron chi connectivity index (χ3n) is 4.26. The van der Waals surface area contributed by atoms with Crippen LogP contribution in [0.4, 0.5) is 0 Å². The molecule has 1 saturated heterocycles. The number of piperazine rings is 1. The van der Waals surface area contributed by atoms with Gasteiger partial charge in [0.2, 0.25) is 11.8 Å². The van der Waals surface area contributed by atoms with Crippen LogP contribution in [-0.2, 0) is 20.9 Å². The van der Waals surface area contributed by atoms with Gasteiger partial charge in [-0.3, -0.25) is 14.5 Å². The zero-order valence-corrected chi connectivity index (χ0v) is 15.8. The highest BCUT2D eigenvalue weighted by molar-refractivity contribution is 5.88. The molecule has 1 aliphatic rings. The molecule has 26 heavy (non-hydrogen) atoms. The average Bonchev–Trinajstić information content (AvgIpc) is 2.62. The van der Waals surface area contributed by atoms with Gasteiger partial charge in [-0.05, 0) is 19.9 Å². The minimum Gasteiger partial charge on any atom is -0.496 e. The van der Waals surface area contributed by atoms with E-state index in [0.717, 1.165) is 11.3 Å². The predicted octanol–water partition coefficient (Wildman–Crippen LogP) is 0.927. The van der Waals surface area contributed by atoms with Crippen LogP contribution < -0.4 is 15.4 Å². The van der Waals surface area contributed by atoms with E-state index in [1.165, 1.54) is 0 Å². The van der Waals surface area contributed by atoms with Crippen LogP contribution in [0.3, 0.4) is 0 Å². The SMILES string of the molecule is COc1ccccc1CN1CCNC(=O)C1CC(=O)NCCOC(C)C. The van der Waals surface area contributed by atoms with Crippen LogP contribution in [0, 0.1) is 0 Å². The maximum atomic E-state index is 12.3. The Morgan fingerprint density at radius 3 is 2.88 bits per heavy atom. The van der Waals surface area contributed by atoms with E-state index in [0.29, 0.717) is 32.8 Å². The Hall–Kier alpha value is -2.12. The summed E-state index contributed by atoms with van der Waals surface area (Å²) in [4.78, 5) is 26.6. The molecule has 1 atom stereocenters. The molecular weight excluding hydrogens is 334 g/mol. The van der Waals surface area contributed by atoms with E-state index < -0.39 is 6.04 Å². The lowest BCUT2D eigenvalue weighted by Gasteiger charge is -2.35. The number of nitrogens with one attached hydrogen (secondary N) is 2. The summed E-state index contributed by atoms with van der Waals surface area (Å²) in [6.45, 7) is 6.63. The lowest BCUT2D eigenvalue weighted by Crippen LogP contribution is -2.56. The van der Waals surface area contributed by atoms with E-state index in [1.54, 1.807) is 7.11 Å². The quantitative estimate of drug-likeness (QED) is 0.638. The van der Waals surface area contributed by atoms with Crippen molar-refractivity contribution in [2.24, 2.45) is 0 Å². The molecule has 1 unspecified atom stereocenters. The molecule has 1 heterocycles. The molecular formula is C19H29N3O4. The van der Waals surface area contributed by atoms with Gasteiger partial charge in [-0.2, -0.15) is 0 Å². The van der Waals surface area contributed by atoms with E-state index in [9.17, 15) is 9.59 Å². The van der Waals surface area contributed by atoms with Crippen molar-refractivity contribution in [3.05, 3.63) is 29.8 Å². The molecule has 0 aromatic heterocycles. The number of ether oxygens (including phenoxy) is 2.